The third-order valence-electron chi connectivity index (χ3n) is 5.89. The number of ether oxygens (including phenoxy) is 1. The lowest BCUT2D eigenvalue weighted by Gasteiger charge is -2.36. The van der Waals surface area contributed by atoms with Crippen LogP contribution < -0.4 is 9.64 Å². The third kappa shape index (κ3) is 5.25. The van der Waals surface area contributed by atoms with Gasteiger partial charge in [0.1, 0.15) is 5.82 Å². The molecule has 0 saturated carbocycles. The van der Waals surface area contributed by atoms with E-state index in [-0.39, 0.29) is 17.7 Å². The van der Waals surface area contributed by atoms with Crippen LogP contribution in [0.25, 0.3) is 0 Å². The number of thiophene rings is 1. The van der Waals surface area contributed by atoms with Crippen LogP contribution >= 0.6 is 11.3 Å². The predicted molar refractivity (Wildman–Crippen MR) is 119 cm³/mol. The molecule has 1 aromatic carbocycles. The second kappa shape index (κ2) is 9.78. The van der Waals surface area contributed by atoms with Crippen LogP contribution in [0.5, 0.6) is 5.06 Å². The maximum absolute atomic E-state index is 14.0. The van der Waals surface area contributed by atoms with Crippen LogP contribution in [0.1, 0.15) is 30.2 Å². The highest BCUT2D eigenvalue weighted by Crippen LogP contribution is 2.33. The van der Waals surface area contributed by atoms with Crippen LogP contribution in [0.3, 0.4) is 0 Å². The van der Waals surface area contributed by atoms with E-state index in [1.807, 2.05) is 21.9 Å². The van der Waals surface area contributed by atoms with Crippen LogP contribution in [0.2, 0.25) is 0 Å². The molecule has 0 N–H and O–H groups in total. The summed E-state index contributed by atoms with van der Waals surface area (Å²) >= 11 is 1.55. The molecule has 1 aromatic heterocycles. The number of halogens is 1. The van der Waals surface area contributed by atoms with Gasteiger partial charge in [0.25, 0.3) is 0 Å². The summed E-state index contributed by atoms with van der Waals surface area (Å²) in [6, 6.07) is 8.75. The molecule has 1 amide bonds. The standard InChI is InChI=1S/C23H28FN3O3S/c1-2-22(29)30-23-15-17-16-25(9-7-20(17)31-23)10-8-21(28)27-13-11-26(12-14-27)19-6-4-3-5-18(19)24/h3-6,15H,2,7-14,16H2,1H3. The molecule has 6 nitrogen and oxygen atoms in total. The molecule has 2 aromatic rings. The Balaban J connectivity index is 1.24. The monoisotopic (exact) mass is 445 g/mol. The van der Waals surface area contributed by atoms with Crippen molar-refractivity contribution in [2.24, 2.45) is 0 Å². The molecule has 1 saturated heterocycles. The van der Waals surface area contributed by atoms with Gasteiger partial charge >= 0.3 is 5.97 Å². The van der Waals surface area contributed by atoms with Crippen molar-refractivity contribution in [2.75, 3.05) is 44.2 Å². The highest BCUT2D eigenvalue weighted by Gasteiger charge is 2.25. The summed E-state index contributed by atoms with van der Waals surface area (Å²) in [5.41, 5.74) is 1.81. The number of carbonyl (C=O) groups excluding carboxylic acids is 2. The quantitative estimate of drug-likeness (QED) is 0.639. The minimum absolute atomic E-state index is 0.155. The van der Waals surface area contributed by atoms with Crippen molar-refractivity contribution < 1.29 is 18.7 Å². The molecule has 0 bridgehead atoms. The summed E-state index contributed by atoms with van der Waals surface area (Å²) in [6.07, 6.45) is 1.77. The molecule has 4 rings (SSSR count). The number of hydrogen-bond acceptors (Lipinski definition) is 6. The lowest BCUT2D eigenvalue weighted by atomic mass is 10.1. The Morgan fingerprint density at radius 2 is 1.90 bits per heavy atom. The Bertz CT molecular complexity index is 940. The Morgan fingerprint density at radius 3 is 2.65 bits per heavy atom. The Labute approximate surface area is 186 Å². The zero-order valence-corrected chi connectivity index (χ0v) is 18.6. The van der Waals surface area contributed by atoms with Gasteiger partial charge in [-0.15, -0.1) is 11.3 Å². The second-order valence-corrected chi connectivity index (χ2v) is 9.04. The second-order valence-electron chi connectivity index (χ2n) is 7.94. The van der Waals surface area contributed by atoms with Gasteiger partial charge in [0.2, 0.25) is 5.91 Å². The molecule has 31 heavy (non-hydrogen) atoms. The number of amides is 1. The molecule has 0 unspecified atom stereocenters. The first-order chi connectivity index (χ1) is 15.0. The molecule has 8 heteroatoms. The number of esters is 1. The van der Waals surface area contributed by atoms with Gasteiger partial charge in [0.15, 0.2) is 5.06 Å². The topological polar surface area (TPSA) is 53.1 Å². The number of nitrogens with zero attached hydrogens (tertiary/aromatic N) is 3. The van der Waals surface area contributed by atoms with Crippen molar-refractivity contribution in [1.29, 1.82) is 0 Å². The van der Waals surface area contributed by atoms with Gasteiger partial charge in [-0.05, 0) is 30.2 Å². The van der Waals surface area contributed by atoms with Crippen LogP contribution in [0.15, 0.2) is 30.3 Å². The van der Waals surface area contributed by atoms with Crippen molar-refractivity contribution in [3.63, 3.8) is 0 Å². The predicted octanol–water partition coefficient (Wildman–Crippen LogP) is 3.30. The molecule has 0 radical (unpaired) electrons. The summed E-state index contributed by atoms with van der Waals surface area (Å²) in [5.74, 6) is -0.272. The fourth-order valence-electron chi connectivity index (χ4n) is 4.11. The van der Waals surface area contributed by atoms with E-state index in [9.17, 15) is 14.0 Å². The fraction of sp³-hybridized carbons (Fsp3) is 0.478. The van der Waals surface area contributed by atoms with E-state index in [4.69, 9.17) is 4.74 Å². The van der Waals surface area contributed by atoms with E-state index in [0.717, 1.165) is 19.5 Å². The molecule has 1 fully saturated rings. The van der Waals surface area contributed by atoms with E-state index in [1.165, 1.54) is 16.5 Å². The number of piperazine rings is 1. The van der Waals surface area contributed by atoms with Crippen LogP contribution in [-0.2, 0) is 22.6 Å². The van der Waals surface area contributed by atoms with Gasteiger partial charge in [-0.25, -0.2) is 4.39 Å². The van der Waals surface area contributed by atoms with Crippen molar-refractivity contribution in [2.45, 2.75) is 32.7 Å². The zero-order chi connectivity index (χ0) is 21.8. The number of rotatable bonds is 6. The molecule has 0 aliphatic carbocycles. The van der Waals surface area contributed by atoms with E-state index in [2.05, 4.69) is 4.90 Å². The average molecular weight is 446 g/mol. The van der Waals surface area contributed by atoms with E-state index in [0.29, 0.717) is 56.3 Å². The number of anilines is 1. The Kier molecular flexibility index (Phi) is 6.87. The van der Waals surface area contributed by atoms with E-state index >= 15 is 0 Å². The number of benzene rings is 1. The molecular formula is C23H28FN3O3S. The SMILES string of the molecule is CCC(=O)Oc1cc2c(s1)CCN(CCC(=O)N1CCN(c3ccccc3F)CC1)C2. The molecule has 0 atom stereocenters. The smallest absolute Gasteiger partial charge is 0.311 e. The van der Waals surface area contributed by atoms with Gasteiger partial charge in [-0.1, -0.05) is 19.1 Å². The number of hydrogen-bond donors (Lipinski definition) is 0. The third-order valence-corrected chi connectivity index (χ3v) is 7.01. The van der Waals surface area contributed by atoms with Crippen LogP contribution in [0, 0.1) is 5.82 Å². The van der Waals surface area contributed by atoms with Crippen molar-refractivity contribution in [1.82, 2.24) is 9.80 Å². The molecule has 166 valence electrons. The lowest BCUT2D eigenvalue weighted by molar-refractivity contribution is -0.134. The molecule has 3 heterocycles. The van der Waals surface area contributed by atoms with Gasteiger partial charge in [0.05, 0.1) is 5.69 Å². The number of fused-ring (bicyclic) bond motifs is 1. The first-order valence-corrected chi connectivity index (χ1v) is 11.7. The van der Waals surface area contributed by atoms with Gasteiger partial charge in [-0.2, -0.15) is 0 Å². The highest BCUT2D eigenvalue weighted by molar-refractivity contribution is 7.14. The maximum Gasteiger partial charge on any atom is 0.311 e. The molecule has 2 aliphatic rings. The maximum atomic E-state index is 14.0. The lowest BCUT2D eigenvalue weighted by Crippen LogP contribution is -2.49. The first-order valence-electron chi connectivity index (χ1n) is 10.9. The minimum atomic E-state index is -0.215. The Morgan fingerprint density at radius 1 is 1.13 bits per heavy atom. The molecular weight excluding hydrogens is 417 g/mol. The fourth-order valence-corrected chi connectivity index (χ4v) is 5.13. The largest absolute Gasteiger partial charge is 0.415 e. The van der Waals surface area contributed by atoms with Crippen molar-refractivity contribution in [3.8, 4) is 5.06 Å². The Hall–Kier alpha value is -2.45. The summed E-state index contributed by atoms with van der Waals surface area (Å²) in [5, 5.41) is 0.669. The average Bonchev–Trinajstić information content (AvgIpc) is 3.19. The van der Waals surface area contributed by atoms with Crippen molar-refractivity contribution in [3.05, 3.63) is 46.6 Å². The van der Waals surface area contributed by atoms with E-state index in [1.54, 1.807) is 30.4 Å². The molecule has 0 spiro atoms. The summed E-state index contributed by atoms with van der Waals surface area (Å²) < 4.78 is 19.3. The normalized spacial score (nSPS) is 16.8. The highest BCUT2D eigenvalue weighted by atomic mass is 32.1. The summed E-state index contributed by atoms with van der Waals surface area (Å²) in [4.78, 5) is 31.7. The van der Waals surface area contributed by atoms with Gasteiger partial charge in [0, 0.05) is 63.5 Å². The van der Waals surface area contributed by atoms with Crippen LogP contribution in [0.4, 0.5) is 10.1 Å². The first kappa shape index (κ1) is 21.8. The van der Waals surface area contributed by atoms with Gasteiger partial charge < -0.3 is 14.5 Å². The van der Waals surface area contributed by atoms with E-state index < -0.39 is 0 Å². The number of para-hydroxylation sites is 1. The zero-order valence-electron chi connectivity index (χ0n) is 17.8. The summed E-state index contributed by atoms with van der Waals surface area (Å²) in [6.45, 7) is 6.72. The van der Waals surface area contributed by atoms with Crippen LogP contribution in [-0.4, -0.2) is 60.9 Å². The molecule has 2 aliphatic heterocycles. The summed E-state index contributed by atoms with van der Waals surface area (Å²) in [7, 11) is 0. The van der Waals surface area contributed by atoms with Gasteiger partial charge in [-0.3, -0.25) is 14.5 Å². The minimum Gasteiger partial charge on any atom is -0.415 e. The van der Waals surface area contributed by atoms with Crippen molar-refractivity contribution >= 4 is 28.9 Å². The number of carbonyl (C=O) groups is 2.